The molecule has 0 fully saturated rings. The number of hydrogen-bond donors (Lipinski definition) is 0. The number of carbonyl (C=O) groups is 1. The van der Waals surface area contributed by atoms with Crippen LogP contribution in [0, 0.1) is 17.1 Å². The minimum atomic E-state index is -0.497. The van der Waals surface area contributed by atoms with Gasteiger partial charge in [-0.2, -0.15) is 5.26 Å². The van der Waals surface area contributed by atoms with Gasteiger partial charge in [-0.1, -0.05) is 30.8 Å². The Morgan fingerprint density at radius 2 is 2.00 bits per heavy atom. The van der Waals surface area contributed by atoms with Crippen molar-refractivity contribution in [3.8, 4) is 17.5 Å². The number of carbonyl (C=O) groups excluding carboxylic acids is 1. The van der Waals surface area contributed by atoms with Gasteiger partial charge in [0.2, 0.25) is 5.91 Å². The van der Waals surface area contributed by atoms with E-state index in [-0.39, 0.29) is 30.3 Å². The van der Waals surface area contributed by atoms with Crippen molar-refractivity contribution in [1.82, 2.24) is 19.7 Å². The van der Waals surface area contributed by atoms with E-state index in [9.17, 15) is 9.18 Å². The van der Waals surface area contributed by atoms with Crippen LogP contribution in [0.25, 0.3) is 11.4 Å². The third kappa shape index (κ3) is 5.02. The molecule has 30 heavy (non-hydrogen) atoms. The van der Waals surface area contributed by atoms with Crippen LogP contribution in [0.3, 0.4) is 0 Å². The van der Waals surface area contributed by atoms with E-state index in [2.05, 4.69) is 22.1 Å². The summed E-state index contributed by atoms with van der Waals surface area (Å²) >= 11 is 1.25. The number of aromatic nitrogens is 4. The first-order chi connectivity index (χ1) is 14.7. The van der Waals surface area contributed by atoms with Crippen molar-refractivity contribution in [2.75, 3.05) is 17.2 Å². The number of para-hydroxylation sites is 1. The molecule has 0 aliphatic carbocycles. The summed E-state index contributed by atoms with van der Waals surface area (Å²) in [6, 6.07) is 11.8. The molecular weight excluding hydrogens is 403 g/mol. The Morgan fingerprint density at radius 3 is 2.70 bits per heavy atom. The maximum Gasteiger partial charge on any atom is 0.237 e. The zero-order chi connectivity index (χ0) is 21.3. The lowest BCUT2D eigenvalue weighted by Crippen LogP contribution is -2.34. The zero-order valence-electron chi connectivity index (χ0n) is 16.5. The second kappa shape index (κ2) is 10.5. The molecule has 0 radical (unpaired) electrons. The Bertz CT molecular complexity index is 1030. The van der Waals surface area contributed by atoms with Crippen LogP contribution in [-0.4, -0.2) is 38.0 Å². The van der Waals surface area contributed by atoms with Crippen molar-refractivity contribution in [1.29, 1.82) is 5.26 Å². The lowest BCUT2D eigenvalue weighted by molar-refractivity contribution is -0.116. The van der Waals surface area contributed by atoms with Gasteiger partial charge in [-0.05, 0) is 30.7 Å². The Morgan fingerprint density at radius 1 is 1.23 bits per heavy atom. The van der Waals surface area contributed by atoms with E-state index in [0.717, 1.165) is 12.0 Å². The molecule has 0 aliphatic heterocycles. The van der Waals surface area contributed by atoms with Gasteiger partial charge in [0.1, 0.15) is 5.82 Å². The van der Waals surface area contributed by atoms with Gasteiger partial charge in [0.05, 0.1) is 23.9 Å². The predicted molar refractivity (Wildman–Crippen MR) is 113 cm³/mol. The van der Waals surface area contributed by atoms with Gasteiger partial charge >= 0.3 is 0 Å². The van der Waals surface area contributed by atoms with Crippen molar-refractivity contribution in [3.05, 3.63) is 54.6 Å². The molecule has 0 spiro atoms. The van der Waals surface area contributed by atoms with Crippen LogP contribution < -0.4 is 4.90 Å². The number of halogens is 1. The quantitative estimate of drug-likeness (QED) is 0.484. The van der Waals surface area contributed by atoms with Crippen LogP contribution in [0.2, 0.25) is 0 Å². The smallest absolute Gasteiger partial charge is 0.237 e. The Labute approximate surface area is 178 Å². The third-order valence-electron chi connectivity index (χ3n) is 4.32. The van der Waals surface area contributed by atoms with E-state index in [0.29, 0.717) is 17.5 Å². The molecule has 0 N–H and O–H groups in total. The Balaban J connectivity index is 1.79. The average molecular weight is 425 g/mol. The molecule has 7 nitrogen and oxygen atoms in total. The van der Waals surface area contributed by atoms with Crippen LogP contribution in [0.1, 0.15) is 19.8 Å². The van der Waals surface area contributed by atoms with E-state index < -0.39 is 5.82 Å². The number of hydrogen-bond acceptors (Lipinski definition) is 6. The molecule has 0 atom stereocenters. The second-order valence-electron chi connectivity index (χ2n) is 6.39. The molecule has 9 heteroatoms. The summed E-state index contributed by atoms with van der Waals surface area (Å²) < 4.78 is 16.2. The summed E-state index contributed by atoms with van der Waals surface area (Å²) in [5, 5.41) is 18.1. The molecule has 3 aromatic rings. The number of nitrogens with zero attached hydrogens (tertiary/aromatic N) is 6. The van der Waals surface area contributed by atoms with E-state index in [1.165, 1.54) is 28.8 Å². The summed E-state index contributed by atoms with van der Waals surface area (Å²) in [7, 11) is 0. The SMILES string of the molecule is CCCn1c(SCC(=O)N(CCC#N)c2ccccc2F)nnc1-c1ccncc1. The van der Waals surface area contributed by atoms with Gasteiger partial charge in [-0.3, -0.25) is 9.78 Å². The summed E-state index contributed by atoms with van der Waals surface area (Å²) in [5.41, 5.74) is 1.07. The standard InChI is InChI=1S/C21H21FN6OS/c1-2-13-28-20(16-8-11-24-12-9-16)25-26-21(28)30-15-19(29)27(14-5-10-23)18-7-4-3-6-17(18)22/h3-4,6-9,11-12H,2,5,13-15H2,1H3. The van der Waals surface area contributed by atoms with Gasteiger partial charge < -0.3 is 9.47 Å². The predicted octanol–water partition coefficient (Wildman–Crippen LogP) is 3.93. The highest BCUT2D eigenvalue weighted by Gasteiger charge is 2.21. The van der Waals surface area contributed by atoms with E-state index in [1.807, 2.05) is 22.8 Å². The number of amides is 1. The van der Waals surface area contributed by atoms with Crippen molar-refractivity contribution < 1.29 is 9.18 Å². The topological polar surface area (TPSA) is 87.7 Å². The molecule has 3 rings (SSSR count). The first-order valence-corrected chi connectivity index (χ1v) is 10.5. The number of thioether (sulfide) groups is 1. The van der Waals surface area contributed by atoms with Gasteiger partial charge in [0, 0.05) is 31.0 Å². The van der Waals surface area contributed by atoms with Crippen LogP contribution >= 0.6 is 11.8 Å². The number of anilines is 1. The summed E-state index contributed by atoms with van der Waals surface area (Å²) in [6.45, 7) is 2.88. The highest BCUT2D eigenvalue weighted by molar-refractivity contribution is 7.99. The molecule has 1 amide bonds. The fraction of sp³-hybridized carbons (Fsp3) is 0.286. The molecule has 0 unspecified atom stereocenters. The lowest BCUT2D eigenvalue weighted by atomic mass is 10.2. The fourth-order valence-corrected chi connectivity index (χ4v) is 3.79. The monoisotopic (exact) mass is 424 g/mol. The minimum Gasteiger partial charge on any atom is -0.308 e. The average Bonchev–Trinajstić information content (AvgIpc) is 3.17. The summed E-state index contributed by atoms with van der Waals surface area (Å²) in [5.74, 6) is -0.0257. The third-order valence-corrected chi connectivity index (χ3v) is 5.27. The molecule has 0 bridgehead atoms. The van der Waals surface area contributed by atoms with Crippen LogP contribution in [0.5, 0.6) is 0 Å². The van der Waals surface area contributed by atoms with Crippen LogP contribution in [0.15, 0.2) is 53.9 Å². The van der Waals surface area contributed by atoms with Crippen LogP contribution in [0.4, 0.5) is 10.1 Å². The summed E-state index contributed by atoms with van der Waals surface area (Å²) in [4.78, 5) is 18.2. The molecular formula is C21H21FN6OS. The zero-order valence-corrected chi connectivity index (χ0v) is 17.3. The Kier molecular flexibility index (Phi) is 7.51. The van der Waals surface area contributed by atoms with Crippen LogP contribution in [-0.2, 0) is 11.3 Å². The first kappa shape index (κ1) is 21.5. The molecule has 1 aromatic carbocycles. The maximum atomic E-state index is 14.2. The van der Waals surface area contributed by atoms with Crippen molar-refractivity contribution in [2.45, 2.75) is 31.5 Å². The van der Waals surface area contributed by atoms with Gasteiger partial charge in [0.15, 0.2) is 11.0 Å². The maximum absolute atomic E-state index is 14.2. The number of pyridine rings is 1. The first-order valence-electron chi connectivity index (χ1n) is 9.54. The number of nitriles is 1. The number of rotatable bonds is 9. The highest BCUT2D eigenvalue weighted by atomic mass is 32.2. The fourth-order valence-electron chi connectivity index (χ4n) is 2.95. The van der Waals surface area contributed by atoms with E-state index in [4.69, 9.17) is 5.26 Å². The molecule has 2 heterocycles. The van der Waals surface area contributed by atoms with Gasteiger partial charge in [-0.25, -0.2) is 4.39 Å². The highest BCUT2D eigenvalue weighted by Crippen LogP contribution is 2.26. The lowest BCUT2D eigenvalue weighted by Gasteiger charge is -2.22. The summed E-state index contributed by atoms with van der Waals surface area (Å²) in [6.07, 6.45) is 4.38. The van der Waals surface area contributed by atoms with Crippen molar-refractivity contribution >= 4 is 23.4 Å². The van der Waals surface area contributed by atoms with Gasteiger partial charge in [0.25, 0.3) is 0 Å². The minimum absolute atomic E-state index is 0.0535. The number of benzene rings is 1. The normalized spacial score (nSPS) is 10.6. The molecule has 154 valence electrons. The molecule has 0 saturated carbocycles. The van der Waals surface area contributed by atoms with Gasteiger partial charge in [-0.15, -0.1) is 10.2 Å². The van der Waals surface area contributed by atoms with Crippen molar-refractivity contribution in [3.63, 3.8) is 0 Å². The largest absolute Gasteiger partial charge is 0.308 e. The van der Waals surface area contributed by atoms with E-state index >= 15 is 0 Å². The molecule has 2 aromatic heterocycles. The van der Waals surface area contributed by atoms with Crippen molar-refractivity contribution in [2.24, 2.45) is 0 Å². The second-order valence-corrected chi connectivity index (χ2v) is 7.33. The Hall–Kier alpha value is -3.25. The van der Waals surface area contributed by atoms with E-state index in [1.54, 1.807) is 24.5 Å². The molecule has 0 aliphatic rings. The molecule has 0 saturated heterocycles.